The average molecular weight is 295 g/mol. The van der Waals surface area contributed by atoms with Gasteiger partial charge in [0.15, 0.2) is 0 Å². The third-order valence-corrected chi connectivity index (χ3v) is 3.83. The fraction of sp³-hybridized carbons (Fsp3) is 0.647. The van der Waals surface area contributed by atoms with E-state index in [9.17, 15) is 4.39 Å². The molecule has 0 bridgehead atoms. The van der Waals surface area contributed by atoms with Crippen LogP contribution in [0.5, 0.6) is 0 Å². The van der Waals surface area contributed by atoms with Crippen LogP contribution in [0.4, 0.5) is 4.39 Å². The van der Waals surface area contributed by atoms with Crippen LogP contribution >= 0.6 is 0 Å². The van der Waals surface area contributed by atoms with E-state index in [1.54, 1.807) is 12.1 Å². The smallest absolute Gasteiger partial charge is 0.127 e. The van der Waals surface area contributed by atoms with Crippen LogP contribution in [0.3, 0.4) is 0 Å². The maximum absolute atomic E-state index is 13.8. The molecule has 2 unspecified atom stereocenters. The summed E-state index contributed by atoms with van der Waals surface area (Å²) in [7, 11) is 4.16. The lowest BCUT2D eigenvalue weighted by atomic mass is 9.94. The Labute approximate surface area is 128 Å². The molecule has 1 rings (SSSR count). The Kier molecular flexibility index (Phi) is 7.86. The van der Waals surface area contributed by atoms with Crippen molar-refractivity contribution in [2.24, 2.45) is 11.7 Å². The monoisotopic (exact) mass is 295 g/mol. The molecule has 0 amide bonds. The fourth-order valence-corrected chi connectivity index (χ4v) is 2.52. The average Bonchev–Trinajstić information content (AvgIpc) is 2.44. The molecule has 1 aromatic carbocycles. The zero-order chi connectivity index (χ0) is 15.8. The van der Waals surface area contributed by atoms with Crippen LogP contribution in [-0.2, 0) is 0 Å². The van der Waals surface area contributed by atoms with Crippen molar-refractivity contribution in [3.05, 3.63) is 35.6 Å². The van der Waals surface area contributed by atoms with Gasteiger partial charge in [0.25, 0.3) is 0 Å². The Balaban J connectivity index is 2.63. The second-order valence-corrected chi connectivity index (χ2v) is 6.13. The molecule has 0 aliphatic heterocycles. The first-order valence-electron chi connectivity index (χ1n) is 7.82. The van der Waals surface area contributed by atoms with E-state index >= 15 is 0 Å². The van der Waals surface area contributed by atoms with Gasteiger partial charge in [-0.05, 0) is 39.0 Å². The predicted octanol–water partition coefficient (Wildman–Crippen LogP) is 2.74. The quantitative estimate of drug-likeness (QED) is 0.760. The maximum Gasteiger partial charge on any atom is 0.127 e. The first-order chi connectivity index (χ1) is 9.95. The zero-order valence-electron chi connectivity index (χ0n) is 13.8. The van der Waals surface area contributed by atoms with Crippen LogP contribution in [-0.4, -0.2) is 50.1 Å². The van der Waals surface area contributed by atoms with Gasteiger partial charge in [-0.3, -0.25) is 0 Å². The van der Waals surface area contributed by atoms with Gasteiger partial charge in [0, 0.05) is 31.2 Å². The molecule has 21 heavy (non-hydrogen) atoms. The Morgan fingerprint density at radius 2 is 1.81 bits per heavy atom. The molecule has 0 saturated carbocycles. The maximum atomic E-state index is 13.8. The highest BCUT2D eigenvalue weighted by molar-refractivity contribution is 5.21. The second kappa shape index (κ2) is 9.13. The summed E-state index contributed by atoms with van der Waals surface area (Å²) in [5, 5.41) is 0. The fourth-order valence-electron chi connectivity index (χ4n) is 2.52. The standard InChI is InChI=1S/C17H30FN3/c1-5-10-21(12-11-20(3)4)13-14(2)17(19)15-8-6-7-9-16(15)18/h6-9,14,17H,5,10-13,19H2,1-4H3. The third-order valence-electron chi connectivity index (χ3n) is 3.83. The van der Waals surface area contributed by atoms with Gasteiger partial charge >= 0.3 is 0 Å². The Morgan fingerprint density at radius 1 is 1.14 bits per heavy atom. The van der Waals surface area contributed by atoms with Crippen molar-refractivity contribution in [2.75, 3.05) is 40.3 Å². The topological polar surface area (TPSA) is 32.5 Å². The molecular formula is C17H30FN3. The highest BCUT2D eigenvalue weighted by Gasteiger charge is 2.20. The minimum Gasteiger partial charge on any atom is -0.324 e. The number of nitrogens with zero attached hydrogens (tertiary/aromatic N) is 2. The van der Waals surface area contributed by atoms with Crippen molar-refractivity contribution in [1.82, 2.24) is 9.80 Å². The molecule has 2 N–H and O–H groups in total. The number of hydrogen-bond acceptors (Lipinski definition) is 3. The van der Waals surface area contributed by atoms with Crippen molar-refractivity contribution in [2.45, 2.75) is 26.3 Å². The lowest BCUT2D eigenvalue weighted by Gasteiger charge is -2.29. The van der Waals surface area contributed by atoms with E-state index in [0.717, 1.165) is 32.6 Å². The summed E-state index contributed by atoms with van der Waals surface area (Å²) in [5.41, 5.74) is 6.88. The molecule has 0 radical (unpaired) electrons. The highest BCUT2D eigenvalue weighted by Crippen LogP contribution is 2.22. The zero-order valence-corrected chi connectivity index (χ0v) is 13.8. The summed E-state index contributed by atoms with van der Waals surface area (Å²) in [6, 6.07) is 6.57. The van der Waals surface area contributed by atoms with Crippen LogP contribution in [0.1, 0.15) is 31.9 Å². The number of likely N-dealkylation sites (N-methyl/N-ethyl adjacent to an activating group) is 1. The molecule has 0 aliphatic rings. The highest BCUT2D eigenvalue weighted by atomic mass is 19.1. The van der Waals surface area contributed by atoms with Gasteiger partial charge in [0.1, 0.15) is 5.82 Å². The van der Waals surface area contributed by atoms with E-state index in [2.05, 4.69) is 37.7 Å². The number of rotatable bonds is 9. The summed E-state index contributed by atoms with van der Waals surface area (Å²) in [5.74, 6) is 0.0165. The van der Waals surface area contributed by atoms with Crippen LogP contribution in [0, 0.1) is 11.7 Å². The minimum atomic E-state index is -0.259. The number of halogens is 1. The molecule has 0 aliphatic carbocycles. The molecule has 1 aromatic rings. The first kappa shape index (κ1) is 18.1. The van der Waals surface area contributed by atoms with E-state index in [-0.39, 0.29) is 17.8 Å². The lowest BCUT2D eigenvalue weighted by molar-refractivity contribution is 0.202. The Hall–Kier alpha value is -0.970. The van der Waals surface area contributed by atoms with Crippen LogP contribution in [0.25, 0.3) is 0 Å². The number of benzene rings is 1. The van der Waals surface area contributed by atoms with Crippen LogP contribution in [0.2, 0.25) is 0 Å². The summed E-state index contributed by atoms with van der Waals surface area (Å²) in [6.45, 7) is 8.30. The minimum absolute atomic E-state index is 0.202. The van der Waals surface area contributed by atoms with Gasteiger partial charge < -0.3 is 15.5 Å². The molecule has 0 spiro atoms. The van der Waals surface area contributed by atoms with Crippen LogP contribution in [0.15, 0.2) is 24.3 Å². The molecule has 0 saturated heterocycles. The van der Waals surface area contributed by atoms with E-state index in [1.807, 2.05) is 6.07 Å². The van der Waals surface area contributed by atoms with Gasteiger partial charge in [-0.15, -0.1) is 0 Å². The second-order valence-electron chi connectivity index (χ2n) is 6.13. The van der Waals surface area contributed by atoms with Crippen molar-refractivity contribution in [3.8, 4) is 0 Å². The molecule has 4 heteroatoms. The van der Waals surface area contributed by atoms with E-state index in [1.165, 1.54) is 6.07 Å². The molecule has 120 valence electrons. The van der Waals surface area contributed by atoms with Crippen LogP contribution < -0.4 is 5.73 Å². The number of nitrogens with two attached hydrogens (primary N) is 1. The normalized spacial score (nSPS) is 14.7. The lowest BCUT2D eigenvalue weighted by Crippen LogP contribution is -2.38. The van der Waals surface area contributed by atoms with Gasteiger partial charge in [-0.1, -0.05) is 32.0 Å². The Bertz CT molecular complexity index is 409. The largest absolute Gasteiger partial charge is 0.324 e. The van der Waals surface area contributed by atoms with E-state index in [0.29, 0.717) is 5.56 Å². The Morgan fingerprint density at radius 3 is 2.38 bits per heavy atom. The summed E-state index contributed by atoms with van der Waals surface area (Å²) in [6.07, 6.45) is 1.12. The summed E-state index contributed by atoms with van der Waals surface area (Å²) >= 11 is 0. The van der Waals surface area contributed by atoms with Gasteiger partial charge in [-0.2, -0.15) is 0 Å². The first-order valence-corrected chi connectivity index (χ1v) is 7.82. The molecular weight excluding hydrogens is 265 g/mol. The van der Waals surface area contributed by atoms with E-state index < -0.39 is 0 Å². The summed E-state index contributed by atoms with van der Waals surface area (Å²) in [4.78, 5) is 4.61. The predicted molar refractivity (Wildman–Crippen MR) is 87.8 cm³/mol. The molecule has 2 atom stereocenters. The van der Waals surface area contributed by atoms with Gasteiger partial charge in [0.05, 0.1) is 0 Å². The van der Waals surface area contributed by atoms with Crippen molar-refractivity contribution >= 4 is 0 Å². The van der Waals surface area contributed by atoms with Crippen molar-refractivity contribution in [1.29, 1.82) is 0 Å². The third kappa shape index (κ3) is 6.12. The van der Waals surface area contributed by atoms with E-state index in [4.69, 9.17) is 5.73 Å². The van der Waals surface area contributed by atoms with Gasteiger partial charge in [0.2, 0.25) is 0 Å². The SMILES string of the molecule is CCCN(CCN(C)C)CC(C)C(N)c1ccccc1F. The number of hydrogen-bond donors (Lipinski definition) is 1. The molecule has 0 heterocycles. The van der Waals surface area contributed by atoms with Crippen molar-refractivity contribution in [3.63, 3.8) is 0 Å². The molecule has 0 aromatic heterocycles. The molecule has 0 fully saturated rings. The molecule has 3 nitrogen and oxygen atoms in total. The van der Waals surface area contributed by atoms with Gasteiger partial charge in [-0.25, -0.2) is 4.39 Å². The summed E-state index contributed by atoms with van der Waals surface area (Å²) < 4.78 is 13.8. The van der Waals surface area contributed by atoms with Crippen molar-refractivity contribution < 1.29 is 4.39 Å².